The molecule has 0 fully saturated rings. The molecule has 60 valence electrons. The van der Waals surface area contributed by atoms with Gasteiger partial charge in [0, 0.05) is 6.42 Å². The number of aliphatic carboxylic acids is 1. The van der Waals surface area contributed by atoms with E-state index in [0.29, 0.717) is 17.3 Å². The van der Waals surface area contributed by atoms with Crippen LogP contribution in [0.5, 0.6) is 0 Å². The molecule has 0 aromatic rings. The molecule has 0 aromatic heterocycles. The summed E-state index contributed by atoms with van der Waals surface area (Å²) in [4.78, 5) is 10.2. The summed E-state index contributed by atoms with van der Waals surface area (Å²) in [5.41, 5.74) is 5.27. The summed E-state index contributed by atoms with van der Waals surface area (Å²) in [6.07, 6.45) is 4.74. The molecule has 0 saturated heterocycles. The van der Waals surface area contributed by atoms with Crippen LogP contribution in [0.25, 0.3) is 0 Å². The molecule has 0 aliphatic rings. The van der Waals surface area contributed by atoms with Gasteiger partial charge in [-0.1, -0.05) is 0 Å². The predicted molar refractivity (Wildman–Crippen MR) is 44.3 cm³/mol. The highest BCUT2D eigenvalue weighted by Gasteiger charge is 2.14. The van der Waals surface area contributed by atoms with Crippen LogP contribution in [0.4, 0.5) is 0 Å². The molecule has 0 spiro atoms. The number of carboxylic acid groups (broad SMARTS) is 1. The average molecular weight is 169 g/mol. The Kier molecular flexibility index (Phi) is 4.47. The molecule has 3 N–H and O–H groups in total. The molecule has 4 heteroatoms. The zero-order valence-electron chi connectivity index (χ0n) is 6.33. The fourth-order valence-electron chi connectivity index (χ4n) is 0.486. The Hall–Kier alpha value is -0.220. The molecule has 0 heterocycles. The van der Waals surface area contributed by atoms with Gasteiger partial charge in [-0.25, -0.2) is 0 Å². The Morgan fingerprint density at radius 1 is 1.70 bits per heavy atom. The lowest BCUT2D eigenvalue weighted by molar-refractivity contribution is -0.138. The van der Waals surface area contributed by atoms with Gasteiger partial charge in [0.25, 0.3) is 0 Å². The number of nitrogens with two attached hydrogens (primary N) is 1. The Morgan fingerprint density at radius 2 is 2.20 bits per heavy atom. The van der Waals surface area contributed by atoms with Crippen LogP contribution in [-0.2, 0) is 15.7 Å². The van der Waals surface area contributed by atoms with E-state index in [9.17, 15) is 4.79 Å². The van der Waals surface area contributed by atoms with Crippen molar-refractivity contribution in [1.82, 2.24) is 0 Å². The van der Waals surface area contributed by atoms with Gasteiger partial charge in [-0.3, -0.25) is 4.79 Å². The largest absolute Gasteiger partial charge is 0.480 e. The summed E-state index contributed by atoms with van der Waals surface area (Å²) < 4.78 is 0. The van der Waals surface area contributed by atoms with Crippen molar-refractivity contribution in [2.75, 3.05) is 18.3 Å². The van der Waals surface area contributed by atoms with Gasteiger partial charge in [-0.05, 0) is 10.9 Å². The Labute approximate surface area is 64.0 Å². The fraction of sp³-hybridized carbons (Fsp3) is 0.833. The molecule has 0 rings (SSSR count). The van der Waals surface area contributed by atoms with E-state index >= 15 is 0 Å². The first-order valence-corrected chi connectivity index (χ1v) is 5.27. The molecule has 0 aliphatic heterocycles. The SMILES string of the molecule is C[S+]([13CH3])[13CH2][13CH2][13C@H](N)[13C](=O)O. The van der Waals surface area contributed by atoms with Gasteiger partial charge in [-0.2, -0.15) is 0 Å². The summed E-state index contributed by atoms with van der Waals surface area (Å²) in [5, 5.41) is 8.37. The lowest BCUT2D eigenvalue weighted by atomic mass is 11.2. The molecule has 10 heavy (non-hydrogen) atoms. The number of carboxylic acids is 1. The Bertz CT molecular complexity index is 116. The molecule has 0 bridgehead atoms. The Balaban J connectivity index is 3.40. The van der Waals surface area contributed by atoms with E-state index in [1.165, 1.54) is 0 Å². The minimum absolute atomic E-state index is 0.304. The quantitative estimate of drug-likeness (QED) is 0.447. The second-order valence-electron chi connectivity index (χ2n) is 2.42. The molecular weight excluding hydrogens is 155 g/mol. The van der Waals surface area contributed by atoms with Gasteiger partial charge in [0.1, 0.15) is 11.8 Å². The van der Waals surface area contributed by atoms with Crippen molar-refractivity contribution in [3.63, 3.8) is 0 Å². The topological polar surface area (TPSA) is 63.3 Å². The van der Waals surface area contributed by atoms with Crippen LogP contribution in [0.3, 0.4) is 0 Å². The zero-order chi connectivity index (χ0) is 8.15. The second kappa shape index (κ2) is 4.57. The first-order valence-electron chi connectivity index (χ1n) is 3.06. The summed E-state index contributed by atoms with van der Waals surface area (Å²) >= 11 is 0. The molecular formula is C6H14NO2S+. The average Bonchev–Trinajstić information content (AvgIpc) is 1.82. The second-order valence-corrected chi connectivity index (χ2v) is 4.80. The first kappa shape index (κ1) is 9.78. The van der Waals surface area contributed by atoms with E-state index in [0.717, 1.165) is 5.75 Å². The van der Waals surface area contributed by atoms with Crippen LogP contribution in [0, 0.1) is 0 Å². The van der Waals surface area contributed by atoms with Crippen LogP contribution in [0.1, 0.15) is 6.42 Å². The van der Waals surface area contributed by atoms with Gasteiger partial charge >= 0.3 is 5.97 Å². The lowest BCUT2D eigenvalue weighted by Gasteiger charge is -2.02. The monoisotopic (exact) mass is 169 g/mol. The predicted octanol–water partition coefficient (Wildman–Crippen LogP) is -0.334. The van der Waals surface area contributed by atoms with E-state index in [1.54, 1.807) is 0 Å². The molecule has 0 aromatic carbocycles. The Morgan fingerprint density at radius 3 is 2.50 bits per heavy atom. The van der Waals surface area contributed by atoms with E-state index in [4.69, 9.17) is 10.8 Å². The lowest BCUT2D eigenvalue weighted by Crippen LogP contribution is -2.31. The third-order valence-corrected chi connectivity index (χ3v) is 2.21. The summed E-state index contributed by atoms with van der Waals surface area (Å²) in [5.74, 6) is 0.0125. The number of hydrogen-bond acceptors (Lipinski definition) is 2. The van der Waals surface area contributed by atoms with E-state index < -0.39 is 12.0 Å². The van der Waals surface area contributed by atoms with Gasteiger partial charge in [0.05, 0.1) is 12.5 Å². The summed E-state index contributed by atoms with van der Waals surface area (Å²) in [7, 11) is 0.304. The van der Waals surface area contributed by atoms with E-state index in [-0.39, 0.29) is 0 Å². The number of hydrogen-bond donors (Lipinski definition) is 2. The standard InChI is InChI=1S/C6H13NO2S/c1-10(2)4-3-5(7)6(8)9/h5H,3-4,7H2,1-2H3/p+1/t5-/m0/s1/i1+1,3+1,4+1,5+1,6+1/t5-,10?. The minimum Gasteiger partial charge on any atom is -0.480 e. The number of carbonyl (C=O) groups is 1. The first-order chi connectivity index (χ1) is 4.54. The van der Waals surface area contributed by atoms with Crippen molar-refractivity contribution < 1.29 is 9.90 Å². The number of rotatable bonds is 4. The van der Waals surface area contributed by atoms with Crippen molar-refractivity contribution in [3.05, 3.63) is 0 Å². The third-order valence-electron chi connectivity index (χ3n) is 1.15. The van der Waals surface area contributed by atoms with Crippen LogP contribution in [0.2, 0.25) is 0 Å². The van der Waals surface area contributed by atoms with Crippen LogP contribution < -0.4 is 5.73 Å². The van der Waals surface area contributed by atoms with Crippen molar-refractivity contribution in [1.29, 1.82) is 0 Å². The van der Waals surface area contributed by atoms with Gasteiger partial charge in [0.2, 0.25) is 0 Å². The van der Waals surface area contributed by atoms with Crippen LogP contribution in [0.15, 0.2) is 0 Å². The maximum atomic E-state index is 10.2. The highest BCUT2D eigenvalue weighted by Crippen LogP contribution is 1.93. The van der Waals surface area contributed by atoms with Crippen molar-refractivity contribution in [2.45, 2.75) is 12.5 Å². The molecule has 0 saturated carbocycles. The molecule has 2 atom stereocenters. The van der Waals surface area contributed by atoms with Crippen LogP contribution >= 0.6 is 0 Å². The van der Waals surface area contributed by atoms with Gasteiger partial charge in [0.15, 0.2) is 0 Å². The van der Waals surface area contributed by atoms with E-state index in [1.807, 2.05) is 0 Å². The molecule has 0 radical (unpaired) electrons. The van der Waals surface area contributed by atoms with E-state index in [2.05, 4.69) is 12.5 Å². The van der Waals surface area contributed by atoms with Crippen LogP contribution in [-0.4, -0.2) is 35.4 Å². The van der Waals surface area contributed by atoms with Crippen molar-refractivity contribution >= 4 is 16.9 Å². The molecule has 1 unspecified atom stereocenters. The van der Waals surface area contributed by atoms with Gasteiger partial charge < -0.3 is 10.8 Å². The molecule has 0 amide bonds. The highest BCUT2D eigenvalue weighted by atomic mass is 32.2. The van der Waals surface area contributed by atoms with Crippen molar-refractivity contribution in [2.24, 2.45) is 5.73 Å². The zero-order valence-corrected chi connectivity index (χ0v) is 7.15. The summed E-state index contributed by atoms with van der Waals surface area (Å²) in [6, 6.07) is -0.671. The highest BCUT2D eigenvalue weighted by molar-refractivity contribution is 7.95. The van der Waals surface area contributed by atoms with Gasteiger partial charge in [-0.15, -0.1) is 0 Å². The molecule has 0 aliphatic carbocycles. The smallest absolute Gasteiger partial charge is 0.320 e. The maximum Gasteiger partial charge on any atom is 0.320 e. The fourth-order valence-corrected chi connectivity index (χ4v) is 1.21. The summed E-state index contributed by atoms with van der Waals surface area (Å²) in [6.45, 7) is 0. The minimum atomic E-state index is -0.898. The van der Waals surface area contributed by atoms with Crippen molar-refractivity contribution in [3.8, 4) is 0 Å². The third kappa shape index (κ3) is 4.64. The maximum absolute atomic E-state index is 10.2. The normalized spacial score (nSPS) is 16.3. The molecule has 3 nitrogen and oxygen atoms in total.